The van der Waals surface area contributed by atoms with Gasteiger partial charge in [-0.25, -0.2) is 0 Å². The van der Waals surface area contributed by atoms with Crippen LogP contribution in [0.25, 0.3) is 0 Å². The van der Waals surface area contributed by atoms with Gasteiger partial charge in [0.2, 0.25) is 0 Å². The van der Waals surface area contributed by atoms with Crippen LogP contribution in [0.2, 0.25) is 0 Å². The van der Waals surface area contributed by atoms with Crippen molar-refractivity contribution in [1.82, 2.24) is 15.5 Å². The fraction of sp³-hybridized carbons (Fsp3) is 1.00. The van der Waals surface area contributed by atoms with Crippen LogP contribution in [0.3, 0.4) is 0 Å². The maximum absolute atomic E-state index is 3.35. The third-order valence-corrected chi connectivity index (χ3v) is 2.70. The Kier molecular flexibility index (Phi) is 7.23. The monoisotopic (exact) mass is 187 g/mol. The van der Waals surface area contributed by atoms with Crippen molar-refractivity contribution in [2.45, 2.75) is 39.4 Å². The number of rotatable bonds is 7. The Morgan fingerprint density at radius 2 is 1.92 bits per heavy atom. The maximum atomic E-state index is 3.35. The van der Waals surface area contributed by atoms with Gasteiger partial charge >= 0.3 is 0 Å². The van der Waals surface area contributed by atoms with Crippen molar-refractivity contribution in [3.8, 4) is 0 Å². The van der Waals surface area contributed by atoms with Crippen molar-refractivity contribution < 1.29 is 0 Å². The molecule has 0 fully saturated rings. The minimum atomic E-state index is 0.440. The Bertz CT molecular complexity index is 117. The van der Waals surface area contributed by atoms with Crippen molar-refractivity contribution >= 4 is 0 Å². The first-order valence-electron chi connectivity index (χ1n) is 5.27. The maximum Gasteiger partial charge on any atom is 0.0723 e. The molecule has 0 radical (unpaired) electrons. The van der Waals surface area contributed by atoms with Crippen LogP contribution in [-0.2, 0) is 0 Å². The molecule has 0 rings (SSSR count). The second kappa shape index (κ2) is 7.30. The van der Waals surface area contributed by atoms with E-state index in [9.17, 15) is 0 Å². The van der Waals surface area contributed by atoms with E-state index < -0.39 is 0 Å². The van der Waals surface area contributed by atoms with Crippen LogP contribution in [0.15, 0.2) is 0 Å². The van der Waals surface area contributed by atoms with Crippen molar-refractivity contribution in [2.24, 2.45) is 0 Å². The Hall–Kier alpha value is -0.120. The molecule has 80 valence electrons. The van der Waals surface area contributed by atoms with Crippen molar-refractivity contribution in [3.63, 3.8) is 0 Å². The first-order chi connectivity index (χ1) is 6.17. The summed E-state index contributed by atoms with van der Waals surface area (Å²) < 4.78 is 0. The number of nitrogens with one attached hydrogen (secondary N) is 2. The zero-order chi connectivity index (χ0) is 10.3. The van der Waals surface area contributed by atoms with E-state index >= 15 is 0 Å². The minimum absolute atomic E-state index is 0.440. The summed E-state index contributed by atoms with van der Waals surface area (Å²) in [6.45, 7) is 8.66. The summed E-state index contributed by atoms with van der Waals surface area (Å²) in [6.07, 6.45) is 1.63. The molecule has 2 N–H and O–H groups in total. The number of hydrogen-bond donors (Lipinski definition) is 2. The molecule has 0 aromatic rings. The van der Waals surface area contributed by atoms with Gasteiger partial charge in [0.1, 0.15) is 0 Å². The standard InChI is InChI=1S/C10H25N3/c1-6-9(3)13(5)10(11-4)8-12-7-2/h9-12H,6-8H2,1-5H3. The van der Waals surface area contributed by atoms with Crippen LogP contribution in [0.5, 0.6) is 0 Å². The molecule has 0 aliphatic carbocycles. The van der Waals surface area contributed by atoms with E-state index in [1.165, 1.54) is 6.42 Å². The highest BCUT2D eigenvalue weighted by atomic mass is 15.3. The van der Waals surface area contributed by atoms with Crippen LogP contribution in [-0.4, -0.2) is 44.3 Å². The predicted octanol–water partition coefficient (Wildman–Crippen LogP) is 0.872. The van der Waals surface area contributed by atoms with E-state index in [1.54, 1.807) is 0 Å². The molecule has 0 aromatic carbocycles. The Labute approximate surface area is 82.9 Å². The van der Waals surface area contributed by atoms with Gasteiger partial charge in [-0.15, -0.1) is 0 Å². The highest BCUT2D eigenvalue weighted by Gasteiger charge is 2.15. The summed E-state index contributed by atoms with van der Waals surface area (Å²) in [7, 11) is 4.19. The summed E-state index contributed by atoms with van der Waals surface area (Å²) in [6, 6.07) is 0.635. The molecule has 0 saturated carbocycles. The SMILES string of the molecule is CCNCC(NC)N(C)C(C)CC. The topological polar surface area (TPSA) is 27.3 Å². The second-order valence-electron chi connectivity index (χ2n) is 3.53. The molecule has 0 aromatic heterocycles. The van der Waals surface area contributed by atoms with Gasteiger partial charge in [0.25, 0.3) is 0 Å². The molecule has 0 heterocycles. The van der Waals surface area contributed by atoms with Gasteiger partial charge in [-0.05, 0) is 34.0 Å². The molecule has 0 aliphatic rings. The van der Waals surface area contributed by atoms with Gasteiger partial charge in [0.15, 0.2) is 0 Å². The average molecular weight is 187 g/mol. The molecule has 0 spiro atoms. The zero-order valence-electron chi connectivity index (χ0n) is 9.72. The lowest BCUT2D eigenvalue weighted by molar-refractivity contribution is 0.155. The summed E-state index contributed by atoms with van der Waals surface area (Å²) in [4.78, 5) is 2.38. The lowest BCUT2D eigenvalue weighted by atomic mass is 10.2. The van der Waals surface area contributed by atoms with Gasteiger partial charge < -0.3 is 10.6 Å². The van der Waals surface area contributed by atoms with Gasteiger partial charge in [-0.1, -0.05) is 13.8 Å². The first kappa shape index (κ1) is 12.9. The third-order valence-electron chi connectivity index (χ3n) is 2.70. The summed E-state index contributed by atoms with van der Waals surface area (Å²) in [5.74, 6) is 0. The zero-order valence-corrected chi connectivity index (χ0v) is 9.72. The van der Waals surface area contributed by atoms with Crippen LogP contribution in [0, 0.1) is 0 Å². The fourth-order valence-corrected chi connectivity index (χ4v) is 1.33. The van der Waals surface area contributed by atoms with E-state index in [0.717, 1.165) is 13.1 Å². The molecule has 13 heavy (non-hydrogen) atoms. The van der Waals surface area contributed by atoms with Crippen molar-refractivity contribution in [3.05, 3.63) is 0 Å². The largest absolute Gasteiger partial charge is 0.314 e. The number of hydrogen-bond acceptors (Lipinski definition) is 3. The van der Waals surface area contributed by atoms with Gasteiger partial charge in [0, 0.05) is 12.6 Å². The molecule has 0 aliphatic heterocycles. The molecular formula is C10H25N3. The highest BCUT2D eigenvalue weighted by molar-refractivity contribution is 4.71. The van der Waals surface area contributed by atoms with E-state index in [1.807, 2.05) is 7.05 Å². The van der Waals surface area contributed by atoms with Gasteiger partial charge in [-0.3, -0.25) is 4.90 Å². The normalized spacial score (nSPS) is 16.2. The van der Waals surface area contributed by atoms with Crippen LogP contribution < -0.4 is 10.6 Å². The minimum Gasteiger partial charge on any atom is -0.314 e. The number of nitrogens with zero attached hydrogens (tertiary/aromatic N) is 1. The van der Waals surface area contributed by atoms with Gasteiger partial charge in [-0.2, -0.15) is 0 Å². The van der Waals surface area contributed by atoms with Crippen LogP contribution in [0.1, 0.15) is 27.2 Å². The molecule has 2 atom stereocenters. The molecule has 3 heteroatoms. The fourth-order valence-electron chi connectivity index (χ4n) is 1.33. The van der Waals surface area contributed by atoms with Gasteiger partial charge in [0.05, 0.1) is 6.17 Å². The van der Waals surface area contributed by atoms with E-state index in [4.69, 9.17) is 0 Å². The Morgan fingerprint density at radius 3 is 2.31 bits per heavy atom. The molecule has 2 unspecified atom stereocenters. The van der Waals surface area contributed by atoms with Crippen LogP contribution >= 0.6 is 0 Å². The predicted molar refractivity (Wildman–Crippen MR) is 58.9 cm³/mol. The lowest BCUT2D eigenvalue weighted by Crippen LogP contribution is -2.51. The lowest BCUT2D eigenvalue weighted by Gasteiger charge is -2.32. The average Bonchev–Trinajstić information content (AvgIpc) is 2.17. The van der Waals surface area contributed by atoms with Crippen molar-refractivity contribution in [2.75, 3.05) is 27.2 Å². The molecule has 0 bridgehead atoms. The molecule has 3 nitrogen and oxygen atoms in total. The first-order valence-corrected chi connectivity index (χ1v) is 5.27. The smallest absolute Gasteiger partial charge is 0.0723 e. The summed E-state index contributed by atoms with van der Waals surface area (Å²) in [5.41, 5.74) is 0. The van der Waals surface area contributed by atoms with Crippen molar-refractivity contribution in [1.29, 1.82) is 0 Å². The van der Waals surface area contributed by atoms with Crippen LogP contribution in [0.4, 0.5) is 0 Å². The second-order valence-corrected chi connectivity index (χ2v) is 3.53. The molecule has 0 amide bonds. The van der Waals surface area contributed by atoms with E-state index in [0.29, 0.717) is 12.2 Å². The third kappa shape index (κ3) is 4.60. The summed E-state index contributed by atoms with van der Waals surface area (Å²) >= 11 is 0. The van der Waals surface area contributed by atoms with E-state index in [2.05, 4.69) is 43.4 Å². The number of likely N-dealkylation sites (N-methyl/N-ethyl adjacent to an activating group) is 3. The molecule has 0 saturated heterocycles. The quantitative estimate of drug-likeness (QED) is 0.579. The Morgan fingerprint density at radius 1 is 1.31 bits per heavy atom. The van der Waals surface area contributed by atoms with E-state index in [-0.39, 0.29) is 0 Å². The summed E-state index contributed by atoms with van der Waals surface area (Å²) in [5, 5.41) is 6.67. The Balaban J connectivity index is 3.90. The molecular weight excluding hydrogens is 162 g/mol. The highest BCUT2D eigenvalue weighted by Crippen LogP contribution is 2.02.